The number of carbonyl (C=O) groups excluding carboxylic acids is 1. The largest absolute Gasteiger partial charge is 0.339 e. The Bertz CT molecular complexity index is 739. The van der Waals surface area contributed by atoms with Crippen molar-refractivity contribution < 1.29 is 4.79 Å². The van der Waals surface area contributed by atoms with Crippen LogP contribution in [-0.4, -0.2) is 46.5 Å². The zero-order chi connectivity index (χ0) is 17.2. The van der Waals surface area contributed by atoms with Crippen LogP contribution in [0.3, 0.4) is 0 Å². The maximum Gasteiger partial charge on any atom is 0.222 e. The lowest BCUT2D eigenvalue weighted by Crippen LogP contribution is -2.49. The lowest BCUT2D eigenvalue weighted by atomic mass is 9.86. The van der Waals surface area contributed by atoms with Gasteiger partial charge >= 0.3 is 0 Å². The number of aryl methyl sites for hydroxylation is 1. The van der Waals surface area contributed by atoms with Crippen molar-refractivity contribution in [2.75, 3.05) is 31.1 Å². The van der Waals surface area contributed by atoms with Gasteiger partial charge in [0, 0.05) is 39.6 Å². The molecule has 25 heavy (non-hydrogen) atoms. The highest BCUT2D eigenvalue weighted by atomic mass is 16.2. The minimum Gasteiger partial charge on any atom is -0.339 e. The highest BCUT2D eigenvalue weighted by Crippen LogP contribution is 2.27. The van der Waals surface area contributed by atoms with Crippen LogP contribution < -0.4 is 4.90 Å². The number of carbonyl (C=O) groups is 1. The summed E-state index contributed by atoms with van der Waals surface area (Å²) in [6.45, 7) is 3.37. The fourth-order valence-electron chi connectivity index (χ4n) is 4.34. The van der Waals surface area contributed by atoms with Crippen molar-refractivity contribution in [3.8, 4) is 0 Å². The van der Waals surface area contributed by atoms with E-state index in [1.54, 1.807) is 0 Å². The summed E-state index contributed by atoms with van der Waals surface area (Å²) in [4.78, 5) is 21.8. The number of fused-ring (bicyclic) bond motifs is 1. The van der Waals surface area contributed by atoms with Gasteiger partial charge in [-0.05, 0) is 30.9 Å². The predicted molar refractivity (Wildman–Crippen MR) is 101 cm³/mol. The van der Waals surface area contributed by atoms with Crippen LogP contribution in [0, 0.1) is 5.92 Å². The minimum absolute atomic E-state index is 0.358. The van der Waals surface area contributed by atoms with E-state index in [1.165, 1.54) is 32.1 Å². The van der Waals surface area contributed by atoms with Crippen LogP contribution in [0.25, 0.3) is 11.0 Å². The highest BCUT2D eigenvalue weighted by Gasteiger charge is 2.26. The molecule has 1 aromatic carbocycles. The summed E-state index contributed by atoms with van der Waals surface area (Å²) in [5.41, 5.74) is 2.20. The van der Waals surface area contributed by atoms with Crippen molar-refractivity contribution in [2.45, 2.75) is 38.5 Å². The Balaban J connectivity index is 1.37. The summed E-state index contributed by atoms with van der Waals surface area (Å²) in [5, 5.41) is 0. The number of hydrogen-bond donors (Lipinski definition) is 0. The monoisotopic (exact) mass is 340 g/mol. The van der Waals surface area contributed by atoms with Crippen molar-refractivity contribution in [1.29, 1.82) is 0 Å². The normalized spacial score (nSPS) is 19.6. The van der Waals surface area contributed by atoms with Gasteiger partial charge in [0.25, 0.3) is 0 Å². The first kappa shape index (κ1) is 16.4. The first-order chi connectivity index (χ1) is 12.2. The van der Waals surface area contributed by atoms with Crippen LogP contribution in [0.1, 0.15) is 38.5 Å². The molecular weight excluding hydrogens is 312 g/mol. The van der Waals surface area contributed by atoms with Gasteiger partial charge in [-0.3, -0.25) is 4.79 Å². The molecule has 134 valence electrons. The molecule has 1 amide bonds. The van der Waals surface area contributed by atoms with E-state index in [4.69, 9.17) is 4.98 Å². The Morgan fingerprint density at radius 1 is 1.08 bits per heavy atom. The number of benzene rings is 1. The molecule has 0 unspecified atom stereocenters. The summed E-state index contributed by atoms with van der Waals surface area (Å²) >= 11 is 0. The van der Waals surface area contributed by atoms with Crippen molar-refractivity contribution in [1.82, 2.24) is 14.5 Å². The van der Waals surface area contributed by atoms with E-state index in [9.17, 15) is 4.79 Å². The van der Waals surface area contributed by atoms with Crippen LogP contribution in [0.4, 0.5) is 5.95 Å². The van der Waals surface area contributed by atoms with Gasteiger partial charge in [-0.25, -0.2) is 4.98 Å². The van der Waals surface area contributed by atoms with Crippen molar-refractivity contribution in [2.24, 2.45) is 13.0 Å². The molecule has 1 saturated heterocycles. The average Bonchev–Trinajstić information content (AvgIpc) is 3.00. The molecule has 1 saturated carbocycles. The Morgan fingerprint density at radius 2 is 1.80 bits per heavy atom. The standard InChI is InChI=1S/C20H28N4O/c1-22-18-10-6-5-9-17(18)21-20(22)24-13-11-23(12-14-24)19(25)15-16-7-3-2-4-8-16/h5-6,9-10,16H,2-4,7-8,11-15H2,1H3. The Labute approximate surface area is 149 Å². The molecule has 1 aliphatic carbocycles. The number of nitrogens with zero attached hydrogens (tertiary/aromatic N) is 4. The number of aromatic nitrogens is 2. The molecule has 2 aliphatic rings. The first-order valence-electron chi connectivity index (χ1n) is 9.66. The van der Waals surface area contributed by atoms with E-state index >= 15 is 0 Å². The fraction of sp³-hybridized carbons (Fsp3) is 0.600. The van der Waals surface area contributed by atoms with Crippen LogP contribution >= 0.6 is 0 Å². The predicted octanol–water partition coefficient (Wildman–Crippen LogP) is 3.19. The van der Waals surface area contributed by atoms with E-state index in [1.807, 2.05) is 6.07 Å². The molecule has 0 radical (unpaired) electrons. The molecule has 1 aliphatic heterocycles. The molecule has 1 aromatic heterocycles. The lowest BCUT2D eigenvalue weighted by Gasteiger charge is -2.36. The summed E-state index contributed by atoms with van der Waals surface area (Å²) in [7, 11) is 2.07. The van der Waals surface area contributed by atoms with Crippen molar-refractivity contribution in [3.63, 3.8) is 0 Å². The van der Waals surface area contributed by atoms with Gasteiger partial charge in [-0.2, -0.15) is 0 Å². The average molecular weight is 340 g/mol. The minimum atomic E-state index is 0.358. The number of para-hydroxylation sites is 2. The number of rotatable bonds is 3. The number of piperazine rings is 1. The molecule has 0 bridgehead atoms. The number of imidazole rings is 1. The molecule has 2 aromatic rings. The van der Waals surface area contributed by atoms with Gasteiger partial charge in [0.1, 0.15) is 0 Å². The van der Waals surface area contributed by atoms with E-state index in [0.717, 1.165) is 49.6 Å². The molecule has 0 N–H and O–H groups in total. The van der Waals surface area contributed by atoms with Gasteiger partial charge in [0.15, 0.2) is 0 Å². The maximum absolute atomic E-state index is 12.6. The second kappa shape index (κ2) is 7.06. The molecule has 0 atom stereocenters. The zero-order valence-corrected chi connectivity index (χ0v) is 15.2. The maximum atomic E-state index is 12.6. The fourth-order valence-corrected chi connectivity index (χ4v) is 4.34. The van der Waals surface area contributed by atoms with E-state index in [0.29, 0.717) is 11.8 Å². The Kier molecular flexibility index (Phi) is 4.64. The number of anilines is 1. The lowest BCUT2D eigenvalue weighted by molar-refractivity contribution is -0.132. The first-order valence-corrected chi connectivity index (χ1v) is 9.66. The van der Waals surface area contributed by atoms with Gasteiger partial charge in [-0.1, -0.05) is 31.4 Å². The quantitative estimate of drug-likeness (QED) is 0.862. The van der Waals surface area contributed by atoms with Crippen molar-refractivity contribution >= 4 is 22.9 Å². The Morgan fingerprint density at radius 3 is 2.52 bits per heavy atom. The molecule has 5 nitrogen and oxygen atoms in total. The van der Waals surface area contributed by atoms with Gasteiger partial charge in [0.05, 0.1) is 11.0 Å². The smallest absolute Gasteiger partial charge is 0.222 e. The zero-order valence-electron chi connectivity index (χ0n) is 15.2. The van der Waals surface area contributed by atoms with E-state index in [2.05, 4.69) is 39.6 Å². The van der Waals surface area contributed by atoms with Gasteiger partial charge in [-0.15, -0.1) is 0 Å². The summed E-state index contributed by atoms with van der Waals surface area (Å²) in [6.07, 6.45) is 7.20. The number of amides is 1. The SMILES string of the molecule is Cn1c(N2CCN(C(=O)CC3CCCCC3)CC2)nc2ccccc21. The van der Waals surface area contributed by atoms with Gasteiger partial charge in [0.2, 0.25) is 11.9 Å². The summed E-state index contributed by atoms with van der Waals surface area (Å²) in [5.74, 6) is 2.00. The molecule has 2 heterocycles. The second-order valence-corrected chi connectivity index (χ2v) is 7.54. The third-order valence-corrected chi connectivity index (χ3v) is 5.87. The molecule has 4 rings (SSSR count). The topological polar surface area (TPSA) is 41.4 Å². The third kappa shape index (κ3) is 3.37. The molecule has 5 heteroatoms. The summed E-state index contributed by atoms with van der Waals surface area (Å²) in [6, 6.07) is 8.25. The number of hydrogen-bond acceptors (Lipinski definition) is 3. The van der Waals surface area contributed by atoms with E-state index < -0.39 is 0 Å². The second-order valence-electron chi connectivity index (χ2n) is 7.54. The molecular formula is C20H28N4O. The van der Waals surface area contributed by atoms with Crippen LogP contribution in [0.15, 0.2) is 24.3 Å². The van der Waals surface area contributed by atoms with Gasteiger partial charge < -0.3 is 14.4 Å². The Hall–Kier alpha value is -2.04. The highest BCUT2D eigenvalue weighted by molar-refractivity contribution is 5.79. The van der Waals surface area contributed by atoms with Crippen LogP contribution in [-0.2, 0) is 11.8 Å². The molecule has 0 spiro atoms. The van der Waals surface area contributed by atoms with E-state index in [-0.39, 0.29) is 0 Å². The summed E-state index contributed by atoms with van der Waals surface area (Å²) < 4.78 is 2.16. The van der Waals surface area contributed by atoms with Crippen LogP contribution in [0.5, 0.6) is 0 Å². The molecule has 2 fully saturated rings. The van der Waals surface area contributed by atoms with Crippen LogP contribution in [0.2, 0.25) is 0 Å². The third-order valence-electron chi connectivity index (χ3n) is 5.87. The van der Waals surface area contributed by atoms with Crippen molar-refractivity contribution in [3.05, 3.63) is 24.3 Å².